The van der Waals surface area contributed by atoms with Crippen molar-refractivity contribution >= 4 is 22.6 Å². The molecule has 1 unspecified atom stereocenters. The molecule has 0 radical (unpaired) electrons. The number of carbonyl (C=O) groups excluding carboxylic acids is 1. The second-order valence-corrected chi connectivity index (χ2v) is 8.03. The third-order valence-corrected chi connectivity index (χ3v) is 5.32. The summed E-state index contributed by atoms with van der Waals surface area (Å²) in [7, 11) is 0. The smallest absolute Gasteiger partial charge is 0.259 e. The Bertz CT molecular complexity index is 1020. The molecule has 1 atom stereocenters. The monoisotopic (exact) mass is 362 g/mol. The topological polar surface area (TPSA) is 51.0 Å². The van der Waals surface area contributed by atoms with Crippen molar-refractivity contribution in [3.05, 3.63) is 53.3 Å². The van der Waals surface area contributed by atoms with Gasteiger partial charge in [-0.3, -0.25) is 4.79 Å². The molecule has 0 bridgehead atoms. The first-order chi connectivity index (χ1) is 12.9. The largest absolute Gasteiger partial charge is 0.305 e. The number of nitrogens with zero attached hydrogens (tertiary/aromatic N) is 4. The van der Waals surface area contributed by atoms with Gasteiger partial charge >= 0.3 is 0 Å². The number of para-hydroxylation sites is 1. The first-order valence-corrected chi connectivity index (χ1v) is 9.68. The van der Waals surface area contributed by atoms with Crippen molar-refractivity contribution in [2.24, 2.45) is 0 Å². The molecule has 5 nitrogen and oxygen atoms in total. The summed E-state index contributed by atoms with van der Waals surface area (Å²) < 4.78 is 1.90. The van der Waals surface area contributed by atoms with Crippen LogP contribution < -0.4 is 4.90 Å². The van der Waals surface area contributed by atoms with Gasteiger partial charge in [0.1, 0.15) is 0 Å². The van der Waals surface area contributed by atoms with Crippen LogP contribution >= 0.6 is 0 Å². The average Bonchev–Trinajstić information content (AvgIpc) is 3.20. The highest BCUT2D eigenvalue weighted by Crippen LogP contribution is 2.34. The first-order valence-electron chi connectivity index (χ1n) is 9.68. The zero-order chi connectivity index (χ0) is 19.3. The van der Waals surface area contributed by atoms with Crippen molar-refractivity contribution in [2.45, 2.75) is 59.0 Å². The molecule has 27 heavy (non-hydrogen) atoms. The quantitative estimate of drug-likeness (QED) is 0.677. The number of amides is 1. The number of pyridine rings is 1. The van der Waals surface area contributed by atoms with E-state index in [0.29, 0.717) is 5.56 Å². The van der Waals surface area contributed by atoms with Gasteiger partial charge in [0.05, 0.1) is 17.1 Å². The molecule has 3 heterocycles. The molecule has 2 aromatic heterocycles. The minimum atomic E-state index is 0.0325. The molecule has 3 aromatic rings. The summed E-state index contributed by atoms with van der Waals surface area (Å²) in [5.74, 6) is 0.268. The molecule has 0 fully saturated rings. The fraction of sp³-hybridized carbons (Fsp3) is 0.409. The van der Waals surface area contributed by atoms with Crippen molar-refractivity contribution in [2.75, 3.05) is 4.90 Å². The van der Waals surface area contributed by atoms with E-state index < -0.39 is 0 Å². The van der Waals surface area contributed by atoms with Crippen LogP contribution in [0.25, 0.3) is 11.0 Å². The van der Waals surface area contributed by atoms with Gasteiger partial charge in [-0.1, -0.05) is 32.0 Å². The zero-order valence-electron chi connectivity index (χ0n) is 16.6. The molecule has 0 saturated heterocycles. The highest BCUT2D eigenvalue weighted by molar-refractivity contribution is 6.14. The maximum Gasteiger partial charge on any atom is 0.259 e. The number of carbonyl (C=O) groups is 1. The van der Waals surface area contributed by atoms with Crippen molar-refractivity contribution in [3.8, 4) is 0 Å². The predicted molar refractivity (Wildman–Crippen MR) is 108 cm³/mol. The van der Waals surface area contributed by atoms with Gasteiger partial charge in [0, 0.05) is 23.5 Å². The van der Waals surface area contributed by atoms with E-state index in [1.54, 1.807) is 6.20 Å². The van der Waals surface area contributed by atoms with Gasteiger partial charge in [0.15, 0.2) is 5.65 Å². The number of hydrogen-bond acceptors (Lipinski definition) is 3. The molecule has 1 amide bonds. The highest BCUT2D eigenvalue weighted by Gasteiger charge is 2.33. The Labute approximate surface area is 160 Å². The number of aromatic nitrogens is 3. The second kappa shape index (κ2) is 6.48. The standard InChI is InChI=1S/C22H26N4O/c1-13(2)19-11-17(18-12-23-26(14(3)4)21(18)24-19)22(27)25-15(5)10-16-8-6-7-9-20(16)25/h6-9,11-15H,10H2,1-5H3. The average molecular weight is 362 g/mol. The molecule has 1 aliphatic heterocycles. The van der Waals surface area contributed by atoms with Gasteiger partial charge in [-0.05, 0) is 50.8 Å². The second-order valence-electron chi connectivity index (χ2n) is 8.03. The van der Waals surface area contributed by atoms with Gasteiger partial charge in [0.2, 0.25) is 0 Å². The highest BCUT2D eigenvalue weighted by atomic mass is 16.2. The van der Waals surface area contributed by atoms with Crippen LogP contribution in [-0.2, 0) is 6.42 Å². The fourth-order valence-electron chi connectivity index (χ4n) is 3.89. The number of fused-ring (bicyclic) bond motifs is 2. The normalized spacial score (nSPS) is 16.6. The van der Waals surface area contributed by atoms with E-state index in [2.05, 4.69) is 45.8 Å². The van der Waals surface area contributed by atoms with E-state index in [0.717, 1.165) is 28.8 Å². The Morgan fingerprint density at radius 3 is 2.63 bits per heavy atom. The minimum absolute atomic E-state index is 0.0325. The molecule has 5 heteroatoms. The molecule has 0 saturated carbocycles. The van der Waals surface area contributed by atoms with Crippen LogP contribution in [0.5, 0.6) is 0 Å². The van der Waals surface area contributed by atoms with E-state index in [9.17, 15) is 4.79 Å². The fourth-order valence-corrected chi connectivity index (χ4v) is 3.89. The molecule has 0 N–H and O–H groups in total. The minimum Gasteiger partial charge on any atom is -0.305 e. The van der Waals surface area contributed by atoms with Crippen LogP contribution in [0.15, 0.2) is 36.5 Å². The Morgan fingerprint density at radius 1 is 1.19 bits per heavy atom. The predicted octanol–water partition coefficient (Wildman–Crippen LogP) is 4.73. The molecular formula is C22H26N4O. The van der Waals surface area contributed by atoms with Crippen LogP contribution in [0.1, 0.15) is 68.2 Å². The number of benzene rings is 1. The number of anilines is 1. The SMILES string of the molecule is CC(C)c1cc(C(=O)N2c3ccccc3CC2C)c2cnn(C(C)C)c2n1. The molecule has 1 aromatic carbocycles. The molecule has 0 aliphatic carbocycles. The molecular weight excluding hydrogens is 336 g/mol. The number of hydrogen-bond donors (Lipinski definition) is 0. The van der Waals surface area contributed by atoms with E-state index in [1.807, 2.05) is 33.8 Å². The summed E-state index contributed by atoms with van der Waals surface area (Å²) in [6.45, 7) is 10.5. The first kappa shape index (κ1) is 17.7. The van der Waals surface area contributed by atoms with Crippen LogP contribution in [0.2, 0.25) is 0 Å². The lowest BCUT2D eigenvalue weighted by Gasteiger charge is -2.23. The lowest BCUT2D eigenvalue weighted by Crippen LogP contribution is -2.36. The summed E-state index contributed by atoms with van der Waals surface area (Å²) in [6.07, 6.45) is 2.67. The van der Waals surface area contributed by atoms with Crippen LogP contribution in [0, 0.1) is 0 Å². The van der Waals surface area contributed by atoms with E-state index >= 15 is 0 Å². The van der Waals surface area contributed by atoms with Gasteiger partial charge in [-0.25, -0.2) is 9.67 Å². The third kappa shape index (κ3) is 2.82. The Hall–Kier alpha value is -2.69. The van der Waals surface area contributed by atoms with Crippen LogP contribution in [0.4, 0.5) is 5.69 Å². The summed E-state index contributed by atoms with van der Waals surface area (Å²) in [6, 6.07) is 10.5. The van der Waals surface area contributed by atoms with Crippen LogP contribution in [-0.4, -0.2) is 26.7 Å². The lowest BCUT2D eigenvalue weighted by atomic mass is 10.0. The van der Waals surface area contributed by atoms with E-state index in [1.165, 1.54) is 5.56 Å². The van der Waals surface area contributed by atoms with Gasteiger partial charge in [-0.15, -0.1) is 0 Å². The summed E-state index contributed by atoms with van der Waals surface area (Å²) in [4.78, 5) is 20.4. The van der Waals surface area contributed by atoms with Gasteiger partial charge in [0.25, 0.3) is 5.91 Å². The zero-order valence-corrected chi connectivity index (χ0v) is 16.6. The maximum absolute atomic E-state index is 13.6. The third-order valence-electron chi connectivity index (χ3n) is 5.32. The van der Waals surface area contributed by atoms with Crippen molar-refractivity contribution < 1.29 is 4.79 Å². The molecule has 1 aliphatic rings. The Balaban J connectivity index is 1.89. The van der Waals surface area contributed by atoms with Crippen molar-refractivity contribution in [1.29, 1.82) is 0 Å². The molecule has 140 valence electrons. The van der Waals surface area contributed by atoms with E-state index in [-0.39, 0.29) is 23.9 Å². The molecule has 0 spiro atoms. The Kier molecular flexibility index (Phi) is 4.25. The summed E-state index contributed by atoms with van der Waals surface area (Å²) in [5.41, 5.74) is 4.65. The van der Waals surface area contributed by atoms with Crippen LogP contribution in [0.3, 0.4) is 0 Å². The van der Waals surface area contributed by atoms with Crippen molar-refractivity contribution in [3.63, 3.8) is 0 Å². The summed E-state index contributed by atoms with van der Waals surface area (Å²) >= 11 is 0. The van der Waals surface area contributed by atoms with E-state index in [4.69, 9.17) is 4.98 Å². The van der Waals surface area contributed by atoms with Gasteiger partial charge in [-0.2, -0.15) is 5.10 Å². The molecule has 4 rings (SSSR count). The summed E-state index contributed by atoms with van der Waals surface area (Å²) in [5, 5.41) is 5.34. The number of rotatable bonds is 3. The van der Waals surface area contributed by atoms with Gasteiger partial charge < -0.3 is 4.90 Å². The maximum atomic E-state index is 13.6. The van der Waals surface area contributed by atoms with Crippen molar-refractivity contribution in [1.82, 2.24) is 14.8 Å². The Morgan fingerprint density at radius 2 is 1.93 bits per heavy atom. The lowest BCUT2D eigenvalue weighted by molar-refractivity contribution is 0.0983.